The molecule has 0 aromatic rings. The monoisotopic (exact) mass is 374 g/mol. The van der Waals surface area contributed by atoms with Crippen LogP contribution in [0.3, 0.4) is 0 Å². The van der Waals surface area contributed by atoms with Gasteiger partial charge in [0, 0.05) is 0 Å². The summed E-state index contributed by atoms with van der Waals surface area (Å²) in [6, 6.07) is 0. The summed E-state index contributed by atoms with van der Waals surface area (Å²) in [6.07, 6.45) is 11.3. The minimum Gasteiger partial charge on any atom is -0.458 e. The molecule has 3 fully saturated rings. The van der Waals surface area contributed by atoms with Gasteiger partial charge >= 0.3 is 5.97 Å². The molecule has 4 unspecified atom stereocenters. The van der Waals surface area contributed by atoms with Gasteiger partial charge in [-0.2, -0.15) is 0 Å². The summed E-state index contributed by atoms with van der Waals surface area (Å²) in [5, 5.41) is 10.6. The summed E-state index contributed by atoms with van der Waals surface area (Å²) in [4.78, 5) is 12.3. The van der Waals surface area contributed by atoms with Crippen LogP contribution in [-0.4, -0.2) is 23.3 Å². The first-order chi connectivity index (χ1) is 12.6. The number of hydrogen-bond acceptors (Lipinski definition) is 3. The number of aliphatic hydroxyl groups excluding tert-OH is 1. The van der Waals surface area contributed by atoms with E-state index < -0.39 is 5.41 Å². The van der Waals surface area contributed by atoms with Crippen molar-refractivity contribution < 1.29 is 14.6 Å². The van der Waals surface area contributed by atoms with Crippen LogP contribution in [0, 0.1) is 34.0 Å². The van der Waals surface area contributed by atoms with Gasteiger partial charge in [0.15, 0.2) is 0 Å². The maximum atomic E-state index is 12.3. The SMILES string of the molecule is CC(C)(C)C(=O)O[C@@H]1C=C2CCC3C4CCC(O)[C@@]4(C)CCC3[C@@]2(C)CC1. The van der Waals surface area contributed by atoms with Crippen molar-refractivity contribution in [2.45, 2.75) is 98.2 Å². The highest BCUT2D eigenvalue weighted by Crippen LogP contribution is 2.65. The summed E-state index contributed by atoms with van der Waals surface area (Å²) < 4.78 is 5.84. The quantitative estimate of drug-likeness (QED) is 0.502. The van der Waals surface area contributed by atoms with Gasteiger partial charge in [0.25, 0.3) is 0 Å². The lowest BCUT2D eigenvalue weighted by atomic mass is 9.47. The largest absolute Gasteiger partial charge is 0.458 e. The molecule has 0 aromatic heterocycles. The van der Waals surface area contributed by atoms with E-state index in [1.807, 2.05) is 20.8 Å². The minimum atomic E-state index is -0.436. The fourth-order valence-electron chi connectivity index (χ4n) is 7.08. The Kier molecular flexibility index (Phi) is 4.57. The maximum absolute atomic E-state index is 12.3. The molecule has 152 valence electrons. The number of carbonyl (C=O) groups is 1. The van der Waals surface area contributed by atoms with Crippen LogP contribution in [0.4, 0.5) is 0 Å². The second kappa shape index (κ2) is 6.34. The molecule has 4 aliphatic rings. The third kappa shape index (κ3) is 2.99. The Morgan fingerprint density at radius 1 is 1.07 bits per heavy atom. The van der Waals surface area contributed by atoms with Crippen LogP contribution < -0.4 is 0 Å². The third-order valence-electron chi connectivity index (χ3n) is 8.89. The van der Waals surface area contributed by atoms with Gasteiger partial charge in [0.05, 0.1) is 11.5 Å². The third-order valence-corrected chi connectivity index (χ3v) is 8.89. The first kappa shape index (κ1) is 19.5. The number of esters is 1. The Bertz CT molecular complexity index is 645. The van der Waals surface area contributed by atoms with Gasteiger partial charge < -0.3 is 9.84 Å². The predicted molar refractivity (Wildman–Crippen MR) is 107 cm³/mol. The first-order valence-electron chi connectivity index (χ1n) is 11.2. The number of rotatable bonds is 1. The zero-order chi connectivity index (χ0) is 19.6. The smallest absolute Gasteiger partial charge is 0.311 e. The van der Waals surface area contributed by atoms with Crippen LogP contribution in [0.5, 0.6) is 0 Å². The van der Waals surface area contributed by atoms with Gasteiger partial charge in [-0.05, 0) is 107 Å². The van der Waals surface area contributed by atoms with Gasteiger partial charge in [-0.15, -0.1) is 0 Å². The highest BCUT2D eigenvalue weighted by molar-refractivity contribution is 5.75. The van der Waals surface area contributed by atoms with Crippen molar-refractivity contribution in [1.82, 2.24) is 0 Å². The summed E-state index contributed by atoms with van der Waals surface area (Å²) in [6.45, 7) is 10.6. The lowest BCUT2D eigenvalue weighted by Crippen LogP contribution is -2.51. The Morgan fingerprint density at radius 2 is 1.81 bits per heavy atom. The van der Waals surface area contributed by atoms with E-state index in [-0.39, 0.29) is 29.0 Å². The summed E-state index contributed by atoms with van der Waals surface area (Å²) in [7, 11) is 0. The molecule has 7 atom stereocenters. The van der Waals surface area contributed by atoms with Gasteiger partial charge in [-0.1, -0.05) is 19.4 Å². The Labute approximate surface area is 164 Å². The maximum Gasteiger partial charge on any atom is 0.311 e. The summed E-state index contributed by atoms with van der Waals surface area (Å²) in [5.41, 5.74) is 1.53. The van der Waals surface area contributed by atoms with Crippen LogP contribution >= 0.6 is 0 Å². The Balaban J connectivity index is 1.54. The Hall–Kier alpha value is -0.830. The van der Waals surface area contributed by atoms with Crippen molar-refractivity contribution in [2.24, 2.45) is 34.0 Å². The van der Waals surface area contributed by atoms with Crippen molar-refractivity contribution in [3.8, 4) is 0 Å². The van der Waals surface area contributed by atoms with E-state index in [1.54, 1.807) is 5.57 Å². The second-order valence-electron chi connectivity index (χ2n) is 11.4. The van der Waals surface area contributed by atoms with Crippen molar-refractivity contribution in [3.63, 3.8) is 0 Å². The van der Waals surface area contributed by atoms with Crippen LogP contribution in [0.2, 0.25) is 0 Å². The highest BCUT2D eigenvalue weighted by Gasteiger charge is 2.58. The average molecular weight is 375 g/mol. The van der Waals surface area contributed by atoms with Crippen molar-refractivity contribution >= 4 is 5.97 Å². The van der Waals surface area contributed by atoms with Gasteiger partial charge in [-0.25, -0.2) is 0 Å². The molecule has 3 heteroatoms. The number of ether oxygens (including phenoxy) is 1. The number of allylic oxidation sites excluding steroid dienone is 1. The second-order valence-corrected chi connectivity index (χ2v) is 11.4. The van der Waals surface area contributed by atoms with E-state index >= 15 is 0 Å². The molecule has 0 radical (unpaired) electrons. The summed E-state index contributed by atoms with van der Waals surface area (Å²) in [5.74, 6) is 2.10. The van der Waals surface area contributed by atoms with E-state index in [4.69, 9.17) is 4.74 Å². The predicted octanol–water partition coefficient (Wildman–Crippen LogP) is 5.27. The molecule has 1 N–H and O–H groups in total. The van der Waals surface area contributed by atoms with E-state index in [0.717, 1.165) is 37.5 Å². The van der Waals surface area contributed by atoms with E-state index in [0.29, 0.717) is 5.92 Å². The zero-order valence-corrected chi connectivity index (χ0v) is 17.9. The van der Waals surface area contributed by atoms with E-state index in [9.17, 15) is 9.90 Å². The minimum absolute atomic E-state index is 0.0430. The number of hydrogen-bond donors (Lipinski definition) is 1. The van der Waals surface area contributed by atoms with Crippen LogP contribution in [0.1, 0.15) is 86.0 Å². The standard InChI is InChI=1S/C24H38O3/c1-22(2,3)21(26)27-16-10-12-23(4)15(14-16)6-7-17-18-8-9-20(25)24(18,5)13-11-19(17)23/h14,16-20,25H,6-13H2,1-5H3/t16-,17?,18?,19?,20?,23-,24-/m0/s1. The molecule has 3 saturated carbocycles. The number of aliphatic hydroxyl groups is 1. The van der Waals surface area contributed by atoms with Gasteiger partial charge in [0.2, 0.25) is 0 Å². The molecule has 0 heterocycles. The first-order valence-corrected chi connectivity index (χ1v) is 11.2. The molecule has 4 rings (SSSR count). The summed E-state index contributed by atoms with van der Waals surface area (Å²) >= 11 is 0. The van der Waals surface area contributed by atoms with Crippen molar-refractivity contribution in [1.29, 1.82) is 0 Å². The van der Waals surface area contributed by atoms with Crippen LogP contribution in [0.25, 0.3) is 0 Å². The lowest BCUT2D eigenvalue weighted by Gasteiger charge is -2.58. The van der Waals surface area contributed by atoms with Gasteiger partial charge in [-0.3, -0.25) is 4.79 Å². The molecule has 0 bridgehead atoms. The average Bonchev–Trinajstić information content (AvgIpc) is 2.89. The van der Waals surface area contributed by atoms with E-state index in [2.05, 4.69) is 19.9 Å². The fourth-order valence-corrected chi connectivity index (χ4v) is 7.08. The molecule has 27 heavy (non-hydrogen) atoms. The Morgan fingerprint density at radius 3 is 2.52 bits per heavy atom. The van der Waals surface area contributed by atoms with Crippen LogP contribution in [-0.2, 0) is 9.53 Å². The molecule has 4 aliphatic carbocycles. The zero-order valence-electron chi connectivity index (χ0n) is 17.9. The molecular formula is C24H38O3. The molecule has 0 saturated heterocycles. The number of carbonyl (C=O) groups excluding carboxylic acids is 1. The van der Waals surface area contributed by atoms with Crippen LogP contribution in [0.15, 0.2) is 11.6 Å². The molecule has 0 amide bonds. The van der Waals surface area contributed by atoms with Gasteiger partial charge in [0.1, 0.15) is 6.10 Å². The number of fused-ring (bicyclic) bond motifs is 5. The van der Waals surface area contributed by atoms with Crippen molar-refractivity contribution in [2.75, 3.05) is 0 Å². The molecule has 0 aromatic carbocycles. The topological polar surface area (TPSA) is 46.5 Å². The molecule has 0 aliphatic heterocycles. The normalized spacial score (nSPS) is 46.7. The highest BCUT2D eigenvalue weighted by atomic mass is 16.5. The molecule has 3 nitrogen and oxygen atoms in total. The molecule has 0 spiro atoms. The molecular weight excluding hydrogens is 336 g/mol. The fraction of sp³-hybridized carbons (Fsp3) is 0.875. The van der Waals surface area contributed by atoms with Crippen molar-refractivity contribution in [3.05, 3.63) is 11.6 Å². The lowest BCUT2D eigenvalue weighted by molar-refractivity contribution is -0.157. The van der Waals surface area contributed by atoms with E-state index in [1.165, 1.54) is 25.7 Å².